The van der Waals surface area contributed by atoms with Gasteiger partial charge in [0.25, 0.3) is 0 Å². The van der Waals surface area contributed by atoms with Gasteiger partial charge in [-0.05, 0) is 78.1 Å². The molecule has 4 aromatic carbocycles. The zero-order chi connectivity index (χ0) is 26.3. The summed E-state index contributed by atoms with van der Waals surface area (Å²) in [6.07, 6.45) is 0.146. The molecule has 0 atom stereocenters. The molecule has 1 heterocycles. The van der Waals surface area contributed by atoms with Crippen LogP contribution in [-0.2, 0) is 39.1 Å². The lowest BCUT2D eigenvalue weighted by molar-refractivity contribution is -0.142. The molecule has 37 heavy (non-hydrogen) atoms. The van der Waals surface area contributed by atoms with Crippen LogP contribution in [0.25, 0.3) is 21.9 Å². The van der Waals surface area contributed by atoms with E-state index in [1.54, 1.807) is 23.4 Å². The summed E-state index contributed by atoms with van der Waals surface area (Å²) in [5.74, 6) is -0.281. The van der Waals surface area contributed by atoms with E-state index in [1.807, 2.05) is 51.1 Å². The maximum atomic E-state index is 13.9. The van der Waals surface area contributed by atoms with Crippen LogP contribution in [0.4, 0.5) is 0 Å². The summed E-state index contributed by atoms with van der Waals surface area (Å²) in [5.41, 5.74) is 8.04. The van der Waals surface area contributed by atoms with Crippen LogP contribution in [0.5, 0.6) is 0 Å². The van der Waals surface area contributed by atoms with Gasteiger partial charge in [-0.3, -0.25) is 4.79 Å². The van der Waals surface area contributed by atoms with Crippen molar-refractivity contribution in [3.05, 3.63) is 100 Å². The molecule has 0 aromatic heterocycles. The second kappa shape index (κ2) is 9.77. The topological polar surface area (TPSA) is 63.7 Å². The number of benzene rings is 4. The number of nitrogens with zero attached hydrogens (tertiary/aromatic N) is 1. The molecule has 0 saturated heterocycles. The van der Waals surface area contributed by atoms with Crippen LogP contribution in [0.15, 0.2) is 71.6 Å². The van der Waals surface area contributed by atoms with Crippen LogP contribution in [0.1, 0.15) is 40.3 Å². The van der Waals surface area contributed by atoms with Crippen molar-refractivity contribution < 1.29 is 17.9 Å². The molecule has 0 spiro atoms. The number of sulfonamides is 1. The Bertz CT molecular complexity index is 1620. The Kier molecular flexibility index (Phi) is 6.65. The molecule has 1 aliphatic rings. The first-order chi connectivity index (χ1) is 17.7. The van der Waals surface area contributed by atoms with Crippen LogP contribution in [0, 0.1) is 20.8 Å². The quantitative estimate of drug-likeness (QED) is 0.286. The Labute approximate surface area is 218 Å². The fourth-order valence-corrected chi connectivity index (χ4v) is 7.04. The highest BCUT2D eigenvalue weighted by molar-refractivity contribution is 7.89. The van der Waals surface area contributed by atoms with E-state index in [2.05, 4.69) is 24.3 Å². The Hall–Kier alpha value is -3.48. The van der Waals surface area contributed by atoms with Crippen molar-refractivity contribution in [3.63, 3.8) is 0 Å². The van der Waals surface area contributed by atoms with Crippen molar-refractivity contribution in [2.75, 3.05) is 6.61 Å². The van der Waals surface area contributed by atoms with Crippen molar-refractivity contribution in [1.29, 1.82) is 0 Å². The van der Waals surface area contributed by atoms with Gasteiger partial charge in [-0.25, -0.2) is 8.42 Å². The summed E-state index contributed by atoms with van der Waals surface area (Å²) in [6.45, 7) is 8.77. The zero-order valence-corrected chi connectivity index (χ0v) is 22.5. The van der Waals surface area contributed by atoms with E-state index in [9.17, 15) is 13.2 Å². The summed E-state index contributed by atoms with van der Waals surface area (Å²) >= 11 is 0. The van der Waals surface area contributed by atoms with Gasteiger partial charge in [-0.2, -0.15) is 4.31 Å². The molecule has 0 unspecified atom stereocenters. The fraction of sp³-hybridized carbons (Fsp3) is 0.258. The third kappa shape index (κ3) is 4.45. The Morgan fingerprint density at radius 2 is 1.51 bits per heavy atom. The predicted molar refractivity (Wildman–Crippen MR) is 147 cm³/mol. The van der Waals surface area contributed by atoms with Crippen molar-refractivity contribution in [2.24, 2.45) is 0 Å². The Balaban J connectivity index is 1.63. The number of rotatable bonds is 6. The summed E-state index contributed by atoms with van der Waals surface area (Å²) in [5, 5.41) is 1.61. The van der Waals surface area contributed by atoms with Crippen LogP contribution < -0.4 is 0 Å². The average Bonchev–Trinajstić information content (AvgIpc) is 3.35. The largest absolute Gasteiger partial charge is 0.466 e. The van der Waals surface area contributed by atoms with Gasteiger partial charge in [0.1, 0.15) is 0 Å². The molecule has 5 nitrogen and oxygen atoms in total. The van der Waals surface area contributed by atoms with Gasteiger partial charge in [-0.15, -0.1) is 0 Å². The maximum absolute atomic E-state index is 13.9. The second-order valence-electron chi connectivity index (χ2n) is 9.66. The van der Waals surface area contributed by atoms with E-state index >= 15 is 0 Å². The number of ether oxygens (including phenoxy) is 1. The highest BCUT2D eigenvalue weighted by Crippen LogP contribution is 2.41. The monoisotopic (exact) mass is 513 g/mol. The molecule has 0 bridgehead atoms. The van der Waals surface area contributed by atoms with Gasteiger partial charge in [0.05, 0.1) is 17.9 Å². The molecule has 1 aliphatic heterocycles. The predicted octanol–water partition coefficient (Wildman–Crippen LogP) is 6.24. The molecule has 5 rings (SSSR count). The van der Waals surface area contributed by atoms with E-state index in [-0.39, 0.29) is 18.9 Å². The number of hydrogen-bond acceptors (Lipinski definition) is 4. The smallest absolute Gasteiger partial charge is 0.310 e. The molecule has 4 aromatic rings. The first-order valence-corrected chi connectivity index (χ1v) is 14.0. The minimum atomic E-state index is -3.75. The Morgan fingerprint density at radius 3 is 2.22 bits per heavy atom. The molecule has 0 aliphatic carbocycles. The van der Waals surface area contributed by atoms with Gasteiger partial charge >= 0.3 is 5.97 Å². The molecule has 190 valence electrons. The van der Waals surface area contributed by atoms with Crippen LogP contribution in [-0.4, -0.2) is 25.3 Å². The average molecular weight is 514 g/mol. The SMILES string of the molecule is CCOC(=O)Cc1c(C)c2c(c(C)c1-c1ccc(C)cc1)CN(S(=O)(=O)c1cccc3ccccc13)C2. The summed E-state index contributed by atoms with van der Waals surface area (Å²) in [4.78, 5) is 12.9. The van der Waals surface area contributed by atoms with Crippen LogP contribution >= 0.6 is 0 Å². The van der Waals surface area contributed by atoms with E-state index in [0.29, 0.717) is 18.0 Å². The molecule has 0 N–H and O–H groups in total. The minimum Gasteiger partial charge on any atom is -0.466 e. The van der Waals surface area contributed by atoms with Crippen molar-refractivity contribution in [3.8, 4) is 11.1 Å². The number of esters is 1. The summed E-state index contributed by atoms with van der Waals surface area (Å²) in [7, 11) is -3.75. The number of aryl methyl sites for hydroxylation is 1. The van der Waals surface area contributed by atoms with Crippen molar-refractivity contribution >= 4 is 26.8 Å². The van der Waals surface area contributed by atoms with E-state index in [4.69, 9.17) is 4.74 Å². The molecule has 0 saturated carbocycles. The molecule has 0 fully saturated rings. The van der Waals surface area contributed by atoms with Crippen LogP contribution in [0.3, 0.4) is 0 Å². The standard InChI is InChI=1S/C31H31NO4S/c1-5-36-30(33)17-26-21(3)27-18-32(19-28(27)22(4)31(26)24-15-13-20(2)14-16-24)37(34,35)29-12-8-10-23-9-6-7-11-25(23)29/h6-16H,5,17-19H2,1-4H3. The van der Waals surface area contributed by atoms with E-state index < -0.39 is 10.0 Å². The number of carbonyl (C=O) groups is 1. The number of carbonyl (C=O) groups excluding carboxylic acids is 1. The first-order valence-electron chi connectivity index (χ1n) is 12.6. The van der Waals surface area contributed by atoms with Gasteiger partial charge in [0.15, 0.2) is 0 Å². The lowest BCUT2D eigenvalue weighted by atomic mass is 9.84. The van der Waals surface area contributed by atoms with Crippen LogP contribution in [0.2, 0.25) is 0 Å². The Morgan fingerprint density at radius 1 is 0.865 bits per heavy atom. The van der Waals surface area contributed by atoms with Crippen molar-refractivity contribution in [1.82, 2.24) is 4.31 Å². The van der Waals surface area contributed by atoms with Gasteiger partial charge in [-0.1, -0.05) is 66.2 Å². The molecular formula is C31H31NO4S. The lowest BCUT2D eigenvalue weighted by Gasteiger charge is -2.20. The first kappa shape index (κ1) is 25.2. The van der Waals surface area contributed by atoms with Gasteiger partial charge in [0.2, 0.25) is 10.0 Å². The normalized spacial score (nSPS) is 13.6. The molecule has 0 amide bonds. The minimum absolute atomic E-state index is 0.146. The number of fused-ring (bicyclic) bond motifs is 2. The summed E-state index contributed by atoms with van der Waals surface area (Å²) < 4.78 is 34.7. The highest BCUT2D eigenvalue weighted by Gasteiger charge is 2.35. The third-order valence-corrected chi connectivity index (χ3v) is 9.25. The second-order valence-corrected chi connectivity index (χ2v) is 11.6. The van der Waals surface area contributed by atoms with Crippen molar-refractivity contribution in [2.45, 2.75) is 52.1 Å². The number of hydrogen-bond donors (Lipinski definition) is 0. The summed E-state index contributed by atoms with van der Waals surface area (Å²) in [6, 6.07) is 21.2. The fourth-order valence-electron chi connectivity index (χ4n) is 5.45. The van der Waals surface area contributed by atoms with Gasteiger partial charge in [0, 0.05) is 18.5 Å². The molecule has 6 heteroatoms. The lowest BCUT2D eigenvalue weighted by Crippen LogP contribution is -2.26. The molecular weight excluding hydrogens is 482 g/mol. The third-order valence-electron chi connectivity index (χ3n) is 7.40. The highest BCUT2D eigenvalue weighted by atomic mass is 32.2. The maximum Gasteiger partial charge on any atom is 0.310 e. The zero-order valence-electron chi connectivity index (χ0n) is 21.7. The van der Waals surface area contributed by atoms with E-state index in [0.717, 1.165) is 55.3 Å². The molecule has 0 radical (unpaired) electrons. The van der Waals surface area contributed by atoms with E-state index in [1.165, 1.54) is 0 Å². The van der Waals surface area contributed by atoms with Gasteiger partial charge < -0.3 is 4.74 Å².